The Bertz CT molecular complexity index is 1110. The predicted octanol–water partition coefficient (Wildman–Crippen LogP) is 3.68. The molecule has 3 N–H and O–H groups in total. The highest BCUT2D eigenvalue weighted by Gasteiger charge is 2.34. The van der Waals surface area contributed by atoms with Gasteiger partial charge in [0.2, 0.25) is 12.7 Å². The first-order valence-corrected chi connectivity index (χ1v) is 12.6. The largest absolute Gasteiger partial charge is 0.454 e. The van der Waals surface area contributed by atoms with Crippen molar-refractivity contribution in [2.75, 3.05) is 25.2 Å². The van der Waals surface area contributed by atoms with Crippen LogP contribution < -0.4 is 25.4 Å². The van der Waals surface area contributed by atoms with E-state index in [0.717, 1.165) is 6.42 Å². The lowest BCUT2D eigenvalue weighted by atomic mass is 9.88. The molecule has 192 valence electrons. The number of hydrogen-bond donors (Lipinski definition) is 3. The molecule has 2 aliphatic rings. The molecule has 1 fully saturated rings. The van der Waals surface area contributed by atoms with Gasteiger partial charge in [-0.05, 0) is 86.8 Å². The standard InChI is InChI=1S/C26H31FN4O4S/c1-3-16(2)28-25(33)23(30-24(32)18-4-9-21-22(14-18)35-15-34-21)17-10-12-31(13-11-17)26(36)29-20-7-5-19(27)6-8-20/h4-9,14,16-17,23H,3,10-13,15H2,1-2H3,(H,28,33)(H,29,36)(H,30,32)/t16-,23+/m1/s1. The van der Waals surface area contributed by atoms with Crippen LogP contribution in [0.25, 0.3) is 0 Å². The first kappa shape index (κ1) is 25.7. The minimum absolute atomic E-state index is 0.00461. The minimum atomic E-state index is -0.683. The molecular formula is C26H31FN4O4S. The van der Waals surface area contributed by atoms with E-state index in [1.54, 1.807) is 30.3 Å². The average molecular weight is 515 g/mol. The Kier molecular flexibility index (Phi) is 8.25. The van der Waals surface area contributed by atoms with E-state index in [0.29, 0.717) is 53.8 Å². The third-order valence-electron chi connectivity index (χ3n) is 6.60. The number of likely N-dealkylation sites (tertiary alicyclic amines) is 1. The van der Waals surface area contributed by atoms with Gasteiger partial charge in [0.05, 0.1) is 0 Å². The Balaban J connectivity index is 1.40. The van der Waals surface area contributed by atoms with Gasteiger partial charge in [0.15, 0.2) is 16.6 Å². The third kappa shape index (κ3) is 6.23. The van der Waals surface area contributed by atoms with Gasteiger partial charge in [-0.1, -0.05) is 6.92 Å². The average Bonchev–Trinajstić information content (AvgIpc) is 3.36. The van der Waals surface area contributed by atoms with Crippen molar-refractivity contribution in [2.24, 2.45) is 5.92 Å². The smallest absolute Gasteiger partial charge is 0.252 e. The van der Waals surface area contributed by atoms with Crippen LogP contribution in [0.15, 0.2) is 42.5 Å². The molecular weight excluding hydrogens is 483 g/mol. The van der Waals surface area contributed by atoms with Crippen molar-refractivity contribution in [1.29, 1.82) is 0 Å². The van der Waals surface area contributed by atoms with Gasteiger partial charge in [-0.3, -0.25) is 9.59 Å². The molecule has 2 amide bonds. The first-order chi connectivity index (χ1) is 17.3. The Morgan fingerprint density at radius 2 is 1.78 bits per heavy atom. The molecule has 4 rings (SSSR count). The summed E-state index contributed by atoms with van der Waals surface area (Å²) in [5.41, 5.74) is 1.12. The molecule has 0 saturated carbocycles. The Morgan fingerprint density at radius 1 is 1.08 bits per heavy atom. The number of piperidine rings is 1. The van der Waals surface area contributed by atoms with Crippen LogP contribution in [0, 0.1) is 11.7 Å². The molecule has 2 aliphatic heterocycles. The van der Waals surface area contributed by atoms with Crippen molar-refractivity contribution in [1.82, 2.24) is 15.5 Å². The number of hydrogen-bond acceptors (Lipinski definition) is 5. The first-order valence-electron chi connectivity index (χ1n) is 12.2. The van der Waals surface area contributed by atoms with Gasteiger partial charge in [0.1, 0.15) is 11.9 Å². The van der Waals surface area contributed by atoms with E-state index in [4.69, 9.17) is 21.7 Å². The van der Waals surface area contributed by atoms with Gasteiger partial charge in [-0.25, -0.2) is 4.39 Å². The monoisotopic (exact) mass is 514 g/mol. The number of benzene rings is 2. The Morgan fingerprint density at radius 3 is 2.47 bits per heavy atom. The van der Waals surface area contributed by atoms with Crippen molar-refractivity contribution in [3.63, 3.8) is 0 Å². The number of nitrogens with one attached hydrogen (secondary N) is 3. The summed E-state index contributed by atoms with van der Waals surface area (Å²) in [5, 5.41) is 9.66. The normalized spacial score (nSPS) is 16.7. The fourth-order valence-electron chi connectivity index (χ4n) is 4.27. The van der Waals surface area contributed by atoms with Crippen molar-refractivity contribution in [3.8, 4) is 11.5 Å². The molecule has 10 heteroatoms. The topological polar surface area (TPSA) is 91.9 Å². The lowest BCUT2D eigenvalue weighted by molar-refractivity contribution is -0.125. The number of anilines is 1. The number of amides is 2. The van der Waals surface area contributed by atoms with E-state index in [1.165, 1.54) is 12.1 Å². The molecule has 2 heterocycles. The fourth-order valence-corrected chi connectivity index (χ4v) is 4.57. The maximum absolute atomic E-state index is 13.2. The van der Waals surface area contributed by atoms with Crippen molar-refractivity contribution < 1.29 is 23.5 Å². The van der Waals surface area contributed by atoms with Crippen LogP contribution in [0.5, 0.6) is 11.5 Å². The summed E-state index contributed by atoms with van der Waals surface area (Å²) >= 11 is 5.54. The number of nitrogens with zero attached hydrogens (tertiary/aromatic N) is 1. The maximum atomic E-state index is 13.2. The molecule has 2 aromatic carbocycles. The van der Waals surface area contributed by atoms with Gasteiger partial charge >= 0.3 is 0 Å². The summed E-state index contributed by atoms with van der Waals surface area (Å²) < 4.78 is 23.9. The zero-order chi connectivity index (χ0) is 25.7. The van der Waals surface area contributed by atoms with Crippen molar-refractivity contribution in [3.05, 3.63) is 53.8 Å². The van der Waals surface area contributed by atoms with Crippen molar-refractivity contribution in [2.45, 2.75) is 45.2 Å². The minimum Gasteiger partial charge on any atom is -0.454 e. The fraction of sp³-hybridized carbons (Fsp3) is 0.423. The number of thiocarbonyl (C=S) groups is 1. The molecule has 1 saturated heterocycles. The molecule has 0 bridgehead atoms. The SMILES string of the molecule is CC[C@@H](C)NC(=O)[C@@H](NC(=O)c1ccc2c(c1)OCO2)C1CCN(C(=S)Nc2ccc(F)cc2)CC1. The van der Waals surface area contributed by atoms with Crippen LogP contribution in [0.4, 0.5) is 10.1 Å². The van der Waals surface area contributed by atoms with Gasteiger partial charge in [0.25, 0.3) is 5.91 Å². The summed E-state index contributed by atoms with van der Waals surface area (Å²) in [4.78, 5) is 28.3. The van der Waals surface area contributed by atoms with E-state index in [9.17, 15) is 14.0 Å². The predicted molar refractivity (Wildman–Crippen MR) is 139 cm³/mol. The molecule has 0 aromatic heterocycles. The van der Waals surface area contributed by atoms with Crippen LogP contribution in [0.3, 0.4) is 0 Å². The van der Waals surface area contributed by atoms with E-state index in [2.05, 4.69) is 16.0 Å². The summed E-state index contributed by atoms with van der Waals surface area (Å²) in [7, 11) is 0. The molecule has 36 heavy (non-hydrogen) atoms. The number of ether oxygens (including phenoxy) is 2. The van der Waals surface area contributed by atoms with Gasteiger partial charge in [-0.15, -0.1) is 0 Å². The molecule has 0 unspecified atom stereocenters. The molecule has 0 spiro atoms. The number of rotatable bonds is 7. The molecule has 0 aliphatic carbocycles. The highest BCUT2D eigenvalue weighted by Crippen LogP contribution is 2.32. The number of carbonyl (C=O) groups excluding carboxylic acids is 2. The van der Waals surface area contributed by atoms with Gasteiger partial charge < -0.3 is 30.3 Å². The van der Waals surface area contributed by atoms with Crippen LogP contribution >= 0.6 is 12.2 Å². The molecule has 2 atom stereocenters. The summed E-state index contributed by atoms with van der Waals surface area (Å²) in [5.74, 6) is 0.208. The second kappa shape index (κ2) is 11.6. The summed E-state index contributed by atoms with van der Waals surface area (Å²) in [6.07, 6.45) is 2.13. The van der Waals surface area contributed by atoms with Crippen molar-refractivity contribution >= 4 is 34.8 Å². The number of halogens is 1. The van der Waals surface area contributed by atoms with Crippen LogP contribution in [0.1, 0.15) is 43.5 Å². The van der Waals surface area contributed by atoms with Crippen LogP contribution in [-0.2, 0) is 4.79 Å². The van der Waals surface area contributed by atoms with E-state index in [-0.39, 0.29) is 36.4 Å². The quantitative estimate of drug-likeness (QED) is 0.486. The summed E-state index contributed by atoms with van der Waals surface area (Å²) in [6.45, 7) is 5.32. The third-order valence-corrected chi connectivity index (χ3v) is 6.96. The Hall–Kier alpha value is -3.40. The molecule has 8 nitrogen and oxygen atoms in total. The zero-order valence-corrected chi connectivity index (χ0v) is 21.2. The number of fused-ring (bicyclic) bond motifs is 1. The maximum Gasteiger partial charge on any atom is 0.252 e. The lowest BCUT2D eigenvalue weighted by Gasteiger charge is -2.37. The highest BCUT2D eigenvalue weighted by atomic mass is 32.1. The van der Waals surface area contributed by atoms with E-state index in [1.807, 2.05) is 18.7 Å². The molecule has 0 radical (unpaired) electrons. The Labute approximate surface area is 215 Å². The van der Waals surface area contributed by atoms with Gasteiger partial charge in [0, 0.05) is 30.4 Å². The van der Waals surface area contributed by atoms with E-state index >= 15 is 0 Å². The highest BCUT2D eigenvalue weighted by molar-refractivity contribution is 7.80. The van der Waals surface area contributed by atoms with E-state index < -0.39 is 6.04 Å². The van der Waals surface area contributed by atoms with Gasteiger partial charge in [-0.2, -0.15) is 0 Å². The summed E-state index contributed by atoms with van der Waals surface area (Å²) in [6, 6.07) is 10.3. The molecule has 2 aromatic rings. The van der Waals surface area contributed by atoms with Crippen LogP contribution in [-0.4, -0.2) is 53.8 Å². The van der Waals surface area contributed by atoms with Crippen LogP contribution in [0.2, 0.25) is 0 Å². The second-order valence-corrected chi connectivity index (χ2v) is 9.49. The lowest BCUT2D eigenvalue weighted by Crippen LogP contribution is -2.55. The second-order valence-electron chi connectivity index (χ2n) is 9.10. The number of carbonyl (C=O) groups is 2. The zero-order valence-electron chi connectivity index (χ0n) is 20.4.